The second kappa shape index (κ2) is 5.85. The highest BCUT2D eigenvalue weighted by atomic mass is 16.3. The SMILES string of the molecule is O=C1CN(Cc2ccccc2)C(=O)/C1=C(\O)c1ccccc1. The number of nitrogens with zero attached hydrogens (tertiary/aromatic N) is 1. The summed E-state index contributed by atoms with van der Waals surface area (Å²) >= 11 is 0. The van der Waals surface area contributed by atoms with Crippen molar-refractivity contribution in [3.63, 3.8) is 0 Å². The lowest BCUT2D eigenvalue weighted by atomic mass is 10.1. The van der Waals surface area contributed by atoms with E-state index in [-0.39, 0.29) is 23.7 Å². The average molecular weight is 293 g/mol. The van der Waals surface area contributed by atoms with Crippen molar-refractivity contribution in [1.29, 1.82) is 0 Å². The van der Waals surface area contributed by atoms with E-state index in [9.17, 15) is 14.7 Å². The van der Waals surface area contributed by atoms with Gasteiger partial charge in [0.05, 0.1) is 6.54 Å². The summed E-state index contributed by atoms with van der Waals surface area (Å²) in [6.45, 7) is 0.358. The maximum atomic E-state index is 12.4. The molecule has 22 heavy (non-hydrogen) atoms. The van der Waals surface area contributed by atoms with E-state index in [1.807, 2.05) is 30.3 Å². The average Bonchev–Trinajstić information content (AvgIpc) is 2.82. The van der Waals surface area contributed by atoms with Crippen molar-refractivity contribution < 1.29 is 14.7 Å². The largest absolute Gasteiger partial charge is 0.506 e. The molecule has 1 aliphatic heterocycles. The van der Waals surface area contributed by atoms with Gasteiger partial charge in [-0.05, 0) is 5.56 Å². The Balaban J connectivity index is 1.89. The Morgan fingerprint density at radius 1 is 0.955 bits per heavy atom. The maximum Gasteiger partial charge on any atom is 0.262 e. The molecule has 0 aromatic heterocycles. The lowest BCUT2D eigenvalue weighted by molar-refractivity contribution is -0.125. The minimum atomic E-state index is -0.421. The van der Waals surface area contributed by atoms with Gasteiger partial charge in [-0.1, -0.05) is 60.7 Å². The highest BCUT2D eigenvalue weighted by molar-refractivity contribution is 6.28. The Morgan fingerprint density at radius 2 is 1.55 bits per heavy atom. The summed E-state index contributed by atoms with van der Waals surface area (Å²) in [5, 5.41) is 10.3. The number of Topliss-reactive ketones (excluding diaryl/α,β-unsaturated/α-hetero) is 1. The number of amides is 1. The van der Waals surface area contributed by atoms with E-state index >= 15 is 0 Å². The first-order valence-corrected chi connectivity index (χ1v) is 7.02. The zero-order chi connectivity index (χ0) is 15.5. The summed E-state index contributed by atoms with van der Waals surface area (Å²) in [6.07, 6.45) is 0. The van der Waals surface area contributed by atoms with Crippen LogP contribution in [0.25, 0.3) is 5.76 Å². The number of aliphatic hydroxyl groups is 1. The molecule has 2 aromatic rings. The van der Waals surface area contributed by atoms with Crippen LogP contribution in [0.2, 0.25) is 0 Å². The molecule has 0 unspecified atom stereocenters. The summed E-state index contributed by atoms with van der Waals surface area (Å²) in [6, 6.07) is 18.1. The summed E-state index contributed by atoms with van der Waals surface area (Å²) in [5.41, 5.74) is 1.30. The molecular formula is C18H15NO3. The van der Waals surface area contributed by atoms with E-state index in [4.69, 9.17) is 0 Å². The van der Waals surface area contributed by atoms with Crippen LogP contribution in [0.1, 0.15) is 11.1 Å². The fourth-order valence-corrected chi connectivity index (χ4v) is 2.51. The van der Waals surface area contributed by atoms with Crippen LogP contribution in [0.5, 0.6) is 0 Å². The smallest absolute Gasteiger partial charge is 0.262 e. The third-order valence-electron chi connectivity index (χ3n) is 3.61. The molecule has 1 fully saturated rings. The monoisotopic (exact) mass is 293 g/mol. The molecule has 1 amide bonds. The Labute approximate surface area is 128 Å². The van der Waals surface area contributed by atoms with Crippen LogP contribution in [0.15, 0.2) is 66.2 Å². The topological polar surface area (TPSA) is 57.6 Å². The fraction of sp³-hybridized carbons (Fsp3) is 0.111. The Morgan fingerprint density at radius 3 is 2.18 bits per heavy atom. The van der Waals surface area contributed by atoms with E-state index in [0.29, 0.717) is 12.1 Å². The Bertz CT molecular complexity index is 735. The molecule has 0 saturated carbocycles. The molecule has 4 nitrogen and oxygen atoms in total. The predicted octanol–water partition coefficient (Wildman–Crippen LogP) is 2.57. The molecule has 0 spiro atoms. The zero-order valence-corrected chi connectivity index (χ0v) is 11.9. The van der Waals surface area contributed by atoms with Crippen molar-refractivity contribution in [2.75, 3.05) is 6.54 Å². The van der Waals surface area contributed by atoms with Crippen molar-refractivity contribution >= 4 is 17.4 Å². The van der Waals surface area contributed by atoms with Gasteiger partial charge in [0.2, 0.25) is 0 Å². The minimum Gasteiger partial charge on any atom is -0.506 e. The van der Waals surface area contributed by atoms with Gasteiger partial charge in [-0.3, -0.25) is 9.59 Å². The molecule has 110 valence electrons. The molecule has 1 aliphatic rings. The molecule has 1 N–H and O–H groups in total. The standard InChI is InChI=1S/C18H15NO3/c20-15-12-19(11-13-7-3-1-4-8-13)18(22)16(15)17(21)14-9-5-2-6-10-14/h1-10,21H,11-12H2/b17-16-. The lowest BCUT2D eigenvalue weighted by Gasteiger charge is -2.14. The van der Waals surface area contributed by atoms with Crippen LogP contribution in [0.3, 0.4) is 0 Å². The number of likely N-dealkylation sites (tertiary alicyclic amines) is 1. The first-order valence-electron chi connectivity index (χ1n) is 7.02. The van der Waals surface area contributed by atoms with Gasteiger partial charge in [0.25, 0.3) is 5.91 Å². The van der Waals surface area contributed by atoms with Gasteiger partial charge < -0.3 is 10.0 Å². The van der Waals surface area contributed by atoms with Gasteiger partial charge in [0.15, 0.2) is 5.78 Å². The van der Waals surface area contributed by atoms with Crippen LogP contribution in [0, 0.1) is 0 Å². The van der Waals surface area contributed by atoms with Crippen LogP contribution in [-0.2, 0) is 16.1 Å². The number of carbonyl (C=O) groups excluding carboxylic acids is 2. The van der Waals surface area contributed by atoms with Crippen molar-refractivity contribution in [3.05, 3.63) is 77.4 Å². The fourth-order valence-electron chi connectivity index (χ4n) is 2.51. The number of rotatable bonds is 3. The second-order valence-corrected chi connectivity index (χ2v) is 5.16. The van der Waals surface area contributed by atoms with Gasteiger partial charge in [0, 0.05) is 12.1 Å². The van der Waals surface area contributed by atoms with Gasteiger partial charge >= 0.3 is 0 Å². The summed E-state index contributed by atoms with van der Waals surface area (Å²) in [5.74, 6) is -1.01. The highest BCUT2D eigenvalue weighted by Gasteiger charge is 2.36. The van der Waals surface area contributed by atoms with Gasteiger partial charge in [-0.15, -0.1) is 0 Å². The minimum absolute atomic E-state index is 0.0000451. The van der Waals surface area contributed by atoms with Gasteiger partial charge in [0.1, 0.15) is 11.3 Å². The molecule has 0 aliphatic carbocycles. The molecule has 0 radical (unpaired) electrons. The number of carbonyl (C=O) groups is 2. The Hall–Kier alpha value is -2.88. The van der Waals surface area contributed by atoms with E-state index in [1.165, 1.54) is 4.90 Å². The number of ketones is 1. The van der Waals surface area contributed by atoms with E-state index in [1.54, 1.807) is 30.3 Å². The number of hydrogen-bond acceptors (Lipinski definition) is 3. The van der Waals surface area contributed by atoms with Gasteiger partial charge in [-0.2, -0.15) is 0 Å². The van der Waals surface area contributed by atoms with Crippen molar-refractivity contribution in [2.24, 2.45) is 0 Å². The van der Waals surface area contributed by atoms with Gasteiger partial charge in [-0.25, -0.2) is 0 Å². The summed E-state index contributed by atoms with van der Waals surface area (Å²) < 4.78 is 0. The Kier molecular flexibility index (Phi) is 3.74. The molecule has 0 atom stereocenters. The first-order chi connectivity index (χ1) is 10.7. The molecular weight excluding hydrogens is 278 g/mol. The summed E-state index contributed by atoms with van der Waals surface area (Å²) in [7, 11) is 0. The van der Waals surface area contributed by atoms with Crippen LogP contribution in [-0.4, -0.2) is 28.2 Å². The van der Waals surface area contributed by atoms with Crippen LogP contribution in [0.4, 0.5) is 0 Å². The predicted molar refractivity (Wildman–Crippen MR) is 82.9 cm³/mol. The first kappa shape index (κ1) is 14.1. The van der Waals surface area contributed by atoms with E-state index in [2.05, 4.69) is 0 Å². The number of hydrogen-bond donors (Lipinski definition) is 1. The van der Waals surface area contributed by atoms with Crippen molar-refractivity contribution in [1.82, 2.24) is 4.90 Å². The third kappa shape index (κ3) is 2.63. The van der Waals surface area contributed by atoms with Crippen LogP contribution < -0.4 is 0 Å². The molecule has 0 bridgehead atoms. The van der Waals surface area contributed by atoms with Crippen molar-refractivity contribution in [2.45, 2.75) is 6.54 Å². The third-order valence-corrected chi connectivity index (χ3v) is 3.61. The van der Waals surface area contributed by atoms with Crippen LogP contribution >= 0.6 is 0 Å². The van der Waals surface area contributed by atoms with Crippen molar-refractivity contribution in [3.8, 4) is 0 Å². The summed E-state index contributed by atoms with van der Waals surface area (Å²) in [4.78, 5) is 26.0. The maximum absolute atomic E-state index is 12.4. The quantitative estimate of drug-likeness (QED) is 0.537. The van der Waals surface area contributed by atoms with E-state index < -0.39 is 5.91 Å². The normalized spacial score (nSPS) is 17.0. The number of aliphatic hydroxyl groups excluding tert-OH is 1. The molecule has 3 rings (SSSR count). The molecule has 4 heteroatoms. The zero-order valence-electron chi connectivity index (χ0n) is 11.9. The molecule has 2 aromatic carbocycles. The second-order valence-electron chi connectivity index (χ2n) is 5.16. The lowest BCUT2D eigenvalue weighted by Crippen LogP contribution is -2.25. The highest BCUT2D eigenvalue weighted by Crippen LogP contribution is 2.24. The molecule has 1 heterocycles. The number of benzene rings is 2. The van der Waals surface area contributed by atoms with E-state index in [0.717, 1.165) is 5.56 Å². The molecule has 1 saturated heterocycles.